The number of nitrogens with zero attached hydrogens (tertiary/aromatic N) is 3. The van der Waals surface area contributed by atoms with Gasteiger partial charge in [-0.3, -0.25) is 4.79 Å². The highest BCUT2D eigenvalue weighted by atomic mass is 79.9. The van der Waals surface area contributed by atoms with Gasteiger partial charge in [-0.15, -0.1) is 0 Å². The van der Waals surface area contributed by atoms with E-state index in [1.807, 2.05) is 24.3 Å². The Kier molecular flexibility index (Phi) is 3.13. The summed E-state index contributed by atoms with van der Waals surface area (Å²) < 4.78 is 2.72. The lowest BCUT2D eigenvalue weighted by Crippen LogP contribution is -1.92. The monoisotopic (exact) mass is 315 g/mol. The molecule has 0 radical (unpaired) electrons. The third-order valence-electron chi connectivity index (χ3n) is 2.79. The van der Waals surface area contributed by atoms with Crippen LogP contribution in [0.25, 0.3) is 5.65 Å². The van der Waals surface area contributed by atoms with E-state index >= 15 is 0 Å². The van der Waals surface area contributed by atoms with Gasteiger partial charge in [0.2, 0.25) is 0 Å². The van der Waals surface area contributed by atoms with Crippen molar-refractivity contribution in [2.75, 3.05) is 0 Å². The SMILES string of the molecule is O=Cc1ccn2nc(Cc3cccc(Br)c3)nc2c1. The molecule has 0 unspecified atom stereocenters. The highest BCUT2D eigenvalue weighted by molar-refractivity contribution is 9.10. The molecule has 0 aliphatic carbocycles. The van der Waals surface area contributed by atoms with Gasteiger partial charge in [-0.05, 0) is 29.8 Å². The quantitative estimate of drug-likeness (QED) is 0.698. The van der Waals surface area contributed by atoms with Crippen molar-refractivity contribution < 1.29 is 4.79 Å². The fourth-order valence-electron chi connectivity index (χ4n) is 1.92. The van der Waals surface area contributed by atoms with Crippen LogP contribution in [-0.2, 0) is 6.42 Å². The molecule has 19 heavy (non-hydrogen) atoms. The Hall–Kier alpha value is -2.01. The number of halogens is 1. The van der Waals surface area contributed by atoms with Crippen LogP contribution < -0.4 is 0 Å². The maximum atomic E-state index is 10.7. The van der Waals surface area contributed by atoms with Gasteiger partial charge in [0, 0.05) is 22.7 Å². The molecule has 4 nitrogen and oxygen atoms in total. The number of hydrogen-bond donors (Lipinski definition) is 0. The van der Waals surface area contributed by atoms with Gasteiger partial charge in [0.05, 0.1) is 0 Å². The zero-order valence-electron chi connectivity index (χ0n) is 9.95. The normalized spacial score (nSPS) is 10.8. The molecule has 0 N–H and O–H groups in total. The maximum Gasteiger partial charge on any atom is 0.156 e. The molecular weight excluding hydrogens is 306 g/mol. The first kappa shape index (κ1) is 12.0. The minimum absolute atomic E-state index is 0.605. The van der Waals surface area contributed by atoms with Crippen LogP contribution >= 0.6 is 15.9 Å². The molecule has 0 atom stereocenters. The fraction of sp³-hybridized carbons (Fsp3) is 0.0714. The molecule has 2 heterocycles. The summed E-state index contributed by atoms with van der Waals surface area (Å²) in [5.41, 5.74) is 2.43. The summed E-state index contributed by atoms with van der Waals surface area (Å²) in [7, 11) is 0. The summed E-state index contributed by atoms with van der Waals surface area (Å²) >= 11 is 3.44. The van der Waals surface area contributed by atoms with E-state index in [-0.39, 0.29) is 0 Å². The van der Waals surface area contributed by atoms with Gasteiger partial charge in [-0.2, -0.15) is 5.10 Å². The van der Waals surface area contributed by atoms with Gasteiger partial charge in [0.25, 0.3) is 0 Å². The van der Waals surface area contributed by atoms with Gasteiger partial charge in [0.1, 0.15) is 6.29 Å². The molecule has 1 aromatic carbocycles. The van der Waals surface area contributed by atoms with E-state index in [0.29, 0.717) is 17.6 Å². The largest absolute Gasteiger partial charge is 0.298 e. The van der Waals surface area contributed by atoms with E-state index in [2.05, 4.69) is 26.0 Å². The van der Waals surface area contributed by atoms with Gasteiger partial charge < -0.3 is 0 Å². The standard InChI is InChI=1S/C14H10BrN3O/c15-12-3-1-2-10(6-12)7-13-16-14-8-11(9-19)4-5-18(14)17-13/h1-6,8-9H,7H2. The molecule has 3 aromatic rings. The number of benzene rings is 1. The summed E-state index contributed by atoms with van der Waals surface area (Å²) in [6.45, 7) is 0. The summed E-state index contributed by atoms with van der Waals surface area (Å²) in [5, 5.41) is 4.39. The average molecular weight is 316 g/mol. The molecule has 2 aromatic heterocycles. The van der Waals surface area contributed by atoms with E-state index < -0.39 is 0 Å². The lowest BCUT2D eigenvalue weighted by atomic mass is 10.1. The topological polar surface area (TPSA) is 47.3 Å². The summed E-state index contributed by atoms with van der Waals surface area (Å²) in [6, 6.07) is 11.5. The van der Waals surface area contributed by atoms with Gasteiger partial charge in [-0.25, -0.2) is 9.50 Å². The summed E-state index contributed by atoms with van der Waals surface area (Å²) in [6.07, 6.45) is 3.22. The number of aromatic nitrogens is 3. The third-order valence-corrected chi connectivity index (χ3v) is 3.29. The number of hydrogen-bond acceptors (Lipinski definition) is 3. The van der Waals surface area contributed by atoms with E-state index in [1.54, 1.807) is 22.8 Å². The number of fused-ring (bicyclic) bond motifs is 1. The Morgan fingerprint density at radius 1 is 1.26 bits per heavy atom. The van der Waals surface area contributed by atoms with Crippen molar-refractivity contribution in [2.24, 2.45) is 0 Å². The fourth-order valence-corrected chi connectivity index (χ4v) is 2.37. The molecule has 0 saturated heterocycles. The Balaban J connectivity index is 1.95. The zero-order chi connectivity index (χ0) is 13.2. The van der Waals surface area contributed by atoms with E-state index in [9.17, 15) is 4.79 Å². The first-order chi connectivity index (χ1) is 9.24. The van der Waals surface area contributed by atoms with Crippen molar-refractivity contribution in [1.29, 1.82) is 0 Å². The van der Waals surface area contributed by atoms with Crippen LogP contribution in [0.2, 0.25) is 0 Å². The molecule has 0 aliphatic heterocycles. The third kappa shape index (κ3) is 2.56. The predicted molar refractivity (Wildman–Crippen MR) is 75.3 cm³/mol. The molecule has 0 bridgehead atoms. The Labute approximate surface area is 118 Å². The summed E-state index contributed by atoms with van der Waals surface area (Å²) in [4.78, 5) is 15.1. The first-order valence-corrected chi connectivity index (χ1v) is 6.59. The highest BCUT2D eigenvalue weighted by Crippen LogP contribution is 2.14. The van der Waals surface area contributed by atoms with E-state index in [0.717, 1.165) is 22.1 Å². The van der Waals surface area contributed by atoms with Crippen molar-refractivity contribution in [1.82, 2.24) is 14.6 Å². The van der Waals surface area contributed by atoms with Crippen LogP contribution in [0.15, 0.2) is 47.1 Å². The average Bonchev–Trinajstić information content (AvgIpc) is 2.79. The minimum Gasteiger partial charge on any atom is -0.298 e. The number of aldehydes is 1. The lowest BCUT2D eigenvalue weighted by Gasteiger charge is -1.97. The molecule has 5 heteroatoms. The maximum absolute atomic E-state index is 10.7. The Morgan fingerprint density at radius 3 is 2.95 bits per heavy atom. The smallest absolute Gasteiger partial charge is 0.156 e. The molecule has 94 valence electrons. The van der Waals surface area contributed by atoms with Crippen LogP contribution in [0.4, 0.5) is 0 Å². The Morgan fingerprint density at radius 2 is 2.16 bits per heavy atom. The number of pyridine rings is 1. The first-order valence-electron chi connectivity index (χ1n) is 5.79. The van der Waals surface area contributed by atoms with Gasteiger partial charge >= 0.3 is 0 Å². The minimum atomic E-state index is 0.605. The zero-order valence-corrected chi connectivity index (χ0v) is 11.5. The van der Waals surface area contributed by atoms with Crippen molar-refractivity contribution in [3.05, 3.63) is 64.0 Å². The summed E-state index contributed by atoms with van der Waals surface area (Å²) in [5.74, 6) is 0.737. The molecule has 0 saturated carbocycles. The van der Waals surface area contributed by atoms with Crippen LogP contribution in [-0.4, -0.2) is 20.9 Å². The highest BCUT2D eigenvalue weighted by Gasteiger charge is 2.05. The van der Waals surface area contributed by atoms with Crippen LogP contribution in [0, 0.1) is 0 Å². The van der Waals surface area contributed by atoms with Crippen molar-refractivity contribution in [2.45, 2.75) is 6.42 Å². The van der Waals surface area contributed by atoms with Crippen molar-refractivity contribution >= 4 is 27.9 Å². The lowest BCUT2D eigenvalue weighted by molar-refractivity contribution is 0.112. The molecule has 3 rings (SSSR count). The molecular formula is C14H10BrN3O. The second-order valence-corrected chi connectivity index (χ2v) is 5.13. The predicted octanol–water partition coefficient (Wildman–Crippen LogP) is 2.90. The second-order valence-electron chi connectivity index (χ2n) is 4.22. The van der Waals surface area contributed by atoms with Gasteiger partial charge in [-0.1, -0.05) is 28.1 Å². The molecule has 0 spiro atoms. The molecule has 0 aliphatic rings. The van der Waals surface area contributed by atoms with E-state index in [4.69, 9.17) is 0 Å². The van der Waals surface area contributed by atoms with Gasteiger partial charge in [0.15, 0.2) is 11.5 Å². The van der Waals surface area contributed by atoms with E-state index in [1.165, 1.54) is 0 Å². The molecule has 0 amide bonds. The number of carbonyl (C=O) groups is 1. The van der Waals surface area contributed by atoms with Crippen LogP contribution in [0.3, 0.4) is 0 Å². The Bertz CT molecular complexity index is 751. The second kappa shape index (κ2) is 4.93. The number of carbonyl (C=O) groups excluding carboxylic acids is 1. The number of rotatable bonds is 3. The van der Waals surface area contributed by atoms with Crippen LogP contribution in [0.1, 0.15) is 21.7 Å². The van der Waals surface area contributed by atoms with Crippen molar-refractivity contribution in [3.63, 3.8) is 0 Å². The molecule has 0 fully saturated rings. The van der Waals surface area contributed by atoms with Crippen LogP contribution in [0.5, 0.6) is 0 Å². The van der Waals surface area contributed by atoms with Crippen molar-refractivity contribution in [3.8, 4) is 0 Å².